The maximum absolute atomic E-state index is 12.0. The number of nitrogens with zero attached hydrogens (tertiary/aromatic N) is 1. The van der Waals surface area contributed by atoms with Crippen molar-refractivity contribution in [1.82, 2.24) is 10.2 Å². The summed E-state index contributed by atoms with van der Waals surface area (Å²) in [6, 6.07) is 0. The Morgan fingerprint density at radius 2 is 1.95 bits per heavy atom. The second kappa shape index (κ2) is 5.41. The number of hydrogen-bond donors (Lipinski definition) is 2. The van der Waals surface area contributed by atoms with Crippen LogP contribution in [0.3, 0.4) is 0 Å². The van der Waals surface area contributed by atoms with Crippen LogP contribution in [0.15, 0.2) is 0 Å². The molecule has 3 rings (SSSR count). The monoisotopic (exact) mass is 266 g/mol. The first kappa shape index (κ1) is 13.4. The van der Waals surface area contributed by atoms with Crippen LogP contribution in [-0.2, 0) is 4.79 Å². The normalized spacial score (nSPS) is 37.8. The van der Waals surface area contributed by atoms with E-state index in [1.54, 1.807) is 0 Å². The third-order valence-electron chi connectivity index (χ3n) is 5.40. The number of carboxylic acids is 1. The Kier molecular flexibility index (Phi) is 3.81. The zero-order valence-electron chi connectivity index (χ0n) is 11.7. The maximum Gasteiger partial charge on any atom is 0.324 e. The lowest BCUT2D eigenvalue weighted by Crippen LogP contribution is -2.58. The number of carbonyl (C=O) groups is 1. The predicted octanol–water partition coefficient (Wildman–Crippen LogP) is 1.71. The topological polar surface area (TPSA) is 52.6 Å². The third kappa shape index (κ3) is 2.65. The highest BCUT2D eigenvalue weighted by atomic mass is 16.4. The van der Waals surface area contributed by atoms with Gasteiger partial charge in [-0.25, -0.2) is 0 Å². The van der Waals surface area contributed by atoms with E-state index in [1.807, 2.05) is 0 Å². The molecule has 1 aliphatic heterocycles. The number of rotatable bonds is 3. The molecule has 2 atom stereocenters. The van der Waals surface area contributed by atoms with Gasteiger partial charge in [0.15, 0.2) is 0 Å². The van der Waals surface area contributed by atoms with Crippen LogP contribution in [0.25, 0.3) is 0 Å². The minimum Gasteiger partial charge on any atom is -0.480 e. The van der Waals surface area contributed by atoms with Gasteiger partial charge in [-0.2, -0.15) is 0 Å². The molecule has 0 aromatic heterocycles. The highest BCUT2D eigenvalue weighted by Gasteiger charge is 2.50. The summed E-state index contributed by atoms with van der Waals surface area (Å²) in [5.74, 6) is 0.935. The van der Waals surface area contributed by atoms with Gasteiger partial charge in [0.2, 0.25) is 0 Å². The summed E-state index contributed by atoms with van der Waals surface area (Å²) in [5.41, 5.74) is -0.558. The molecule has 108 valence electrons. The molecule has 3 fully saturated rings. The van der Waals surface area contributed by atoms with Crippen LogP contribution in [0.4, 0.5) is 0 Å². The predicted molar refractivity (Wildman–Crippen MR) is 74.1 cm³/mol. The number of hydrogen-bond acceptors (Lipinski definition) is 3. The van der Waals surface area contributed by atoms with Crippen molar-refractivity contribution in [3.05, 3.63) is 0 Å². The molecule has 19 heavy (non-hydrogen) atoms. The summed E-state index contributed by atoms with van der Waals surface area (Å²) in [4.78, 5) is 14.3. The van der Waals surface area contributed by atoms with Crippen molar-refractivity contribution in [2.75, 3.05) is 26.2 Å². The van der Waals surface area contributed by atoms with Gasteiger partial charge in [-0.15, -0.1) is 0 Å². The van der Waals surface area contributed by atoms with Crippen molar-refractivity contribution in [3.63, 3.8) is 0 Å². The highest BCUT2D eigenvalue weighted by Crippen LogP contribution is 2.48. The lowest BCUT2D eigenvalue weighted by Gasteiger charge is -2.45. The number of aliphatic carboxylic acids is 1. The molecular weight excluding hydrogens is 240 g/mol. The van der Waals surface area contributed by atoms with Crippen LogP contribution in [-0.4, -0.2) is 47.7 Å². The first-order valence-corrected chi connectivity index (χ1v) is 7.91. The van der Waals surface area contributed by atoms with Crippen LogP contribution < -0.4 is 5.32 Å². The van der Waals surface area contributed by atoms with Gasteiger partial charge in [0.05, 0.1) is 0 Å². The van der Waals surface area contributed by atoms with Gasteiger partial charge in [-0.1, -0.05) is 12.8 Å². The molecule has 0 spiro atoms. The Morgan fingerprint density at radius 3 is 2.68 bits per heavy atom. The average Bonchev–Trinajstić information content (AvgIpc) is 3.25. The van der Waals surface area contributed by atoms with E-state index < -0.39 is 11.5 Å². The van der Waals surface area contributed by atoms with Gasteiger partial charge in [-0.05, 0) is 50.5 Å². The molecule has 0 aromatic carbocycles. The van der Waals surface area contributed by atoms with Crippen molar-refractivity contribution in [2.24, 2.45) is 11.8 Å². The van der Waals surface area contributed by atoms with E-state index in [1.165, 1.54) is 19.3 Å². The smallest absolute Gasteiger partial charge is 0.324 e. The summed E-state index contributed by atoms with van der Waals surface area (Å²) in [7, 11) is 0. The summed E-state index contributed by atoms with van der Waals surface area (Å²) in [6.45, 7) is 3.79. The number of carboxylic acid groups (broad SMARTS) is 1. The van der Waals surface area contributed by atoms with E-state index in [2.05, 4.69) is 10.2 Å². The fourth-order valence-corrected chi connectivity index (χ4v) is 4.16. The third-order valence-corrected chi connectivity index (χ3v) is 5.40. The van der Waals surface area contributed by atoms with E-state index >= 15 is 0 Å². The highest BCUT2D eigenvalue weighted by molar-refractivity contribution is 5.79. The van der Waals surface area contributed by atoms with E-state index in [-0.39, 0.29) is 0 Å². The molecule has 2 saturated carbocycles. The molecule has 2 aliphatic carbocycles. The van der Waals surface area contributed by atoms with Crippen molar-refractivity contribution in [1.29, 1.82) is 0 Å². The zero-order chi connectivity index (χ0) is 13.3. The number of nitrogens with one attached hydrogen (secondary N) is 1. The molecule has 0 bridgehead atoms. The maximum atomic E-state index is 12.0. The molecule has 2 N–H and O–H groups in total. The zero-order valence-corrected chi connectivity index (χ0v) is 11.7. The molecule has 0 aromatic rings. The van der Waals surface area contributed by atoms with Crippen LogP contribution >= 0.6 is 0 Å². The second-order valence-electron chi connectivity index (χ2n) is 6.62. The fraction of sp³-hybridized carbons (Fsp3) is 0.933. The summed E-state index contributed by atoms with van der Waals surface area (Å²) in [5, 5.41) is 13.3. The molecule has 0 amide bonds. The standard InChI is InChI=1S/C15H26N2O2/c18-14(19)15(17-9-2-7-16-8-10-17)6-1-3-13(11-15)12-4-5-12/h12-13,16H,1-11H2,(H,18,19). The minimum absolute atomic E-state index is 0.558. The van der Waals surface area contributed by atoms with Gasteiger partial charge >= 0.3 is 5.97 Å². The van der Waals surface area contributed by atoms with E-state index in [4.69, 9.17) is 0 Å². The van der Waals surface area contributed by atoms with Crippen LogP contribution in [0.5, 0.6) is 0 Å². The molecular formula is C15H26N2O2. The first-order valence-electron chi connectivity index (χ1n) is 7.91. The fourth-order valence-electron chi connectivity index (χ4n) is 4.16. The molecule has 0 radical (unpaired) electrons. The van der Waals surface area contributed by atoms with Crippen molar-refractivity contribution < 1.29 is 9.90 Å². The van der Waals surface area contributed by atoms with Gasteiger partial charge in [0, 0.05) is 19.6 Å². The molecule has 3 aliphatic rings. The summed E-state index contributed by atoms with van der Waals surface area (Å²) in [6.07, 6.45) is 7.84. The van der Waals surface area contributed by atoms with Gasteiger partial charge in [0.25, 0.3) is 0 Å². The lowest BCUT2D eigenvalue weighted by molar-refractivity contribution is -0.155. The Labute approximate surface area is 115 Å². The first-order chi connectivity index (χ1) is 9.22. The van der Waals surface area contributed by atoms with Crippen molar-refractivity contribution in [2.45, 2.75) is 50.5 Å². The molecule has 1 saturated heterocycles. The molecule has 2 unspecified atom stereocenters. The van der Waals surface area contributed by atoms with Crippen LogP contribution in [0.2, 0.25) is 0 Å². The van der Waals surface area contributed by atoms with Gasteiger partial charge in [-0.3, -0.25) is 9.69 Å². The van der Waals surface area contributed by atoms with Crippen LogP contribution in [0, 0.1) is 11.8 Å². The van der Waals surface area contributed by atoms with E-state index in [0.29, 0.717) is 5.92 Å². The molecule has 1 heterocycles. The van der Waals surface area contributed by atoms with Crippen LogP contribution in [0.1, 0.15) is 44.9 Å². The SMILES string of the molecule is O=C(O)C1(N2CCCNCC2)CCCC(C2CC2)C1. The molecule has 4 nitrogen and oxygen atoms in total. The summed E-state index contributed by atoms with van der Waals surface area (Å²) < 4.78 is 0. The summed E-state index contributed by atoms with van der Waals surface area (Å²) >= 11 is 0. The Morgan fingerprint density at radius 1 is 1.11 bits per heavy atom. The van der Waals surface area contributed by atoms with E-state index in [9.17, 15) is 9.90 Å². The largest absolute Gasteiger partial charge is 0.480 e. The second-order valence-corrected chi connectivity index (χ2v) is 6.62. The molecule has 4 heteroatoms. The average molecular weight is 266 g/mol. The van der Waals surface area contributed by atoms with Crippen molar-refractivity contribution >= 4 is 5.97 Å². The van der Waals surface area contributed by atoms with E-state index in [0.717, 1.165) is 57.8 Å². The van der Waals surface area contributed by atoms with Gasteiger partial charge in [0.1, 0.15) is 5.54 Å². The quantitative estimate of drug-likeness (QED) is 0.816. The Hall–Kier alpha value is -0.610. The Balaban J connectivity index is 1.78. The lowest BCUT2D eigenvalue weighted by atomic mass is 9.72. The Bertz CT molecular complexity index is 335. The van der Waals surface area contributed by atoms with Gasteiger partial charge < -0.3 is 10.4 Å². The van der Waals surface area contributed by atoms with Crippen molar-refractivity contribution in [3.8, 4) is 0 Å². The minimum atomic E-state index is -0.570.